The quantitative estimate of drug-likeness (QED) is 0.838. The van der Waals surface area contributed by atoms with E-state index in [0.717, 1.165) is 12.2 Å². The Kier molecular flexibility index (Phi) is 3.70. The number of benzene rings is 1. The number of rotatable bonds is 2. The van der Waals surface area contributed by atoms with Crippen molar-refractivity contribution in [2.75, 3.05) is 13.7 Å². The van der Waals surface area contributed by atoms with Crippen LogP contribution in [0.1, 0.15) is 32.4 Å². The Morgan fingerprint density at radius 1 is 1.29 bits per heavy atom. The van der Waals surface area contributed by atoms with Crippen LogP contribution in [-0.4, -0.2) is 18.8 Å². The summed E-state index contributed by atoms with van der Waals surface area (Å²) < 4.78 is 11.4. The van der Waals surface area contributed by atoms with E-state index in [0.29, 0.717) is 29.4 Å². The first-order valence-electron chi connectivity index (χ1n) is 7.69. The maximum atomic E-state index is 9.77. The zero-order valence-electron chi connectivity index (χ0n) is 13.2. The van der Waals surface area contributed by atoms with Gasteiger partial charge in [0.25, 0.3) is 0 Å². The molecule has 3 rings (SSSR count). The molecule has 1 saturated heterocycles. The Morgan fingerprint density at radius 2 is 2.05 bits per heavy atom. The molecule has 3 heteroatoms. The lowest BCUT2D eigenvalue weighted by atomic mass is 9.64. The standard InChI is InChI=1S/C18H24O3/c1-10-7-11(2)17-12(3)14(10)9-21-18(17)13-5-6-15(19)16(8-13)20-4/h5-8,10,12,14,17-19H,9H2,1-4H3/t10-,12+,14+,17+,18+/m1/s1. The molecule has 1 aliphatic heterocycles. The smallest absolute Gasteiger partial charge is 0.160 e. The number of phenols is 1. The summed E-state index contributed by atoms with van der Waals surface area (Å²) in [5.74, 6) is 2.91. The molecule has 114 valence electrons. The van der Waals surface area contributed by atoms with Gasteiger partial charge in [-0.25, -0.2) is 0 Å². The zero-order chi connectivity index (χ0) is 15.1. The van der Waals surface area contributed by atoms with Crippen LogP contribution in [0.25, 0.3) is 0 Å². The second-order valence-corrected chi connectivity index (χ2v) is 6.50. The van der Waals surface area contributed by atoms with Gasteiger partial charge in [-0.05, 0) is 42.4 Å². The van der Waals surface area contributed by atoms with Crippen LogP contribution in [0.4, 0.5) is 0 Å². The fraction of sp³-hybridized carbons (Fsp3) is 0.556. The average molecular weight is 288 g/mol. The Bertz CT molecular complexity index is 564. The minimum Gasteiger partial charge on any atom is -0.504 e. The number of hydrogen-bond acceptors (Lipinski definition) is 3. The van der Waals surface area contributed by atoms with E-state index in [4.69, 9.17) is 9.47 Å². The second kappa shape index (κ2) is 5.38. The molecule has 1 N–H and O–H groups in total. The lowest BCUT2D eigenvalue weighted by Crippen LogP contribution is -2.42. The summed E-state index contributed by atoms with van der Waals surface area (Å²) in [5.41, 5.74) is 2.50. The Labute approximate surface area is 126 Å². The molecule has 0 aromatic heterocycles. The van der Waals surface area contributed by atoms with Crippen molar-refractivity contribution in [3.8, 4) is 11.5 Å². The molecule has 1 heterocycles. The van der Waals surface area contributed by atoms with Gasteiger partial charge in [0.1, 0.15) is 0 Å². The molecule has 1 fully saturated rings. The molecule has 5 atom stereocenters. The molecule has 1 aromatic carbocycles. The van der Waals surface area contributed by atoms with Gasteiger partial charge in [0, 0.05) is 5.92 Å². The molecule has 1 aromatic rings. The lowest BCUT2D eigenvalue weighted by molar-refractivity contribution is -0.0935. The van der Waals surface area contributed by atoms with Crippen molar-refractivity contribution in [1.82, 2.24) is 0 Å². The summed E-state index contributed by atoms with van der Waals surface area (Å²) in [6.07, 6.45) is 2.46. The van der Waals surface area contributed by atoms with E-state index in [-0.39, 0.29) is 11.9 Å². The number of allylic oxidation sites excluding steroid dienone is 1. The van der Waals surface area contributed by atoms with Crippen LogP contribution in [0, 0.1) is 23.7 Å². The molecule has 0 amide bonds. The van der Waals surface area contributed by atoms with Crippen LogP contribution < -0.4 is 4.74 Å². The van der Waals surface area contributed by atoms with Gasteiger partial charge in [0.05, 0.1) is 19.8 Å². The third-order valence-electron chi connectivity index (χ3n) is 5.30. The van der Waals surface area contributed by atoms with E-state index in [1.165, 1.54) is 5.57 Å². The summed E-state index contributed by atoms with van der Waals surface area (Å²) in [6, 6.07) is 5.54. The van der Waals surface area contributed by atoms with E-state index < -0.39 is 0 Å². The number of aromatic hydroxyl groups is 1. The van der Waals surface area contributed by atoms with E-state index in [1.54, 1.807) is 13.2 Å². The third kappa shape index (κ3) is 2.34. The van der Waals surface area contributed by atoms with Crippen LogP contribution in [0.3, 0.4) is 0 Å². The monoisotopic (exact) mass is 288 g/mol. The maximum Gasteiger partial charge on any atom is 0.160 e. The van der Waals surface area contributed by atoms with Gasteiger partial charge in [0.15, 0.2) is 11.5 Å². The largest absolute Gasteiger partial charge is 0.504 e. The van der Waals surface area contributed by atoms with Crippen LogP contribution in [0.15, 0.2) is 29.8 Å². The molecular weight excluding hydrogens is 264 g/mol. The van der Waals surface area contributed by atoms with Gasteiger partial charge in [-0.3, -0.25) is 0 Å². The molecule has 0 saturated carbocycles. The van der Waals surface area contributed by atoms with E-state index >= 15 is 0 Å². The highest BCUT2D eigenvalue weighted by Gasteiger charge is 2.43. The van der Waals surface area contributed by atoms with Crippen molar-refractivity contribution in [3.05, 3.63) is 35.4 Å². The summed E-state index contributed by atoms with van der Waals surface area (Å²) in [7, 11) is 1.58. The summed E-state index contributed by atoms with van der Waals surface area (Å²) in [4.78, 5) is 0. The fourth-order valence-electron chi connectivity index (χ4n) is 4.12. The Balaban J connectivity index is 1.98. The van der Waals surface area contributed by atoms with Crippen molar-refractivity contribution in [3.63, 3.8) is 0 Å². The predicted molar refractivity (Wildman–Crippen MR) is 82.4 cm³/mol. The van der Waals surface area contributed by atoms with Crippen LogP contribution in [0.5, 0.6) is 11.5 Å². The first-order valence-corrected chi connectivity index (χ1v) is 7.69. The summed E-state index contributed by atoms with van der Waals surface area (Å²) in [5, 5.41) is 9.77. The second-order valence-electron chi connectivity index (χ2n) is 6.50. The molecule has 0 unspecified atom stereocenters. The molecule has 2 aliphatic rings. The number of hydrogen-bond donors (Lipinski definition) is 1. The Hall–Kier alpha value is -1.48. The molecule has 0 spiro atoms. The normalized spacial score (nSPS) is 35.2. The highest BCUT2D eigenvalue weighted by Crippen LogP contribution is 2.50. The molecule has 2 bridgehead atoms. The van der Waals surface area contributed by atoms with Crippen molar-refractivity contribution in [2.45, 2.75) is 26.9 Å². The average Bonchev–Trinajstić information content (AvgIpc) is 2.45. The van der Waals surface area contributed by atoms with Gasteiger partial charge >= 0.3 is 0 Å². The number of fused-ring (bicyclic) bond motifs is 2. The van der Waals surface area contributed by atoms with Gasteiger partial charge in [-0.2, -0.15) is 0 Å². The predicted octanol–water partition coefficient (Wildman–Crippen LogP) is 3.94. The SMILES string of the molecule is COc1cc([C@@H]2OC[C@@H]3[C@H](C)[C@@H]2C(C)=C[C@H]3C)ccc1O. The molecule has 1 aliphatic carbocycles. The van der Waals surface area contributed by atoms with Gasteiger partial charge in [-0.1, -0.05) is 31.6 Å². The summed E-state index contributed by atoms with van der Waals surface area (Å²) in [6.45, 7) is 7.65. The zero-order valence-corrected chi connectivity index (χ0v) is 13.2. The van der Waals surface area contributed by atoms with Gasteiger partial charge < -0.3 is 14.6 Å². The number of ether oxygens (including phenoxy) is 2. The van der Waals surface area contributed by atoms with Crippen molar-refractivity contribution < 1.29 is 14.6 Å². The van der Waals surface area contributed by atoms with Crippen LogP contribution >= 0.6 is 0 Å². The maximum absolute atomic E-state index is 9.77. The minimum atomic E-state index is 0.0505. The lowest BCUT2D eigenvalue weighted by Gasteiger charge is -2.47. The van der Waals surface area contributed by atoms with E-state index in [2.05, 4.69) is 26.8 Å². The molecule has 3 nitrogen and oxygen atoms in total. The first kappa shape index (κ1) is 14.5. The molecular formula is C18H24O3. The third-order valence-corrected chi connectivity index (χ3v) is 5.30. The van der Waals surface area contributed by atoms with Crippen LogP contribution in [-0.2, 0) is 4.74 Å². The number of phenolic OH excluding ortho intramolecular Hbond substituents is 1. The minimum absolute atomic E-state index is 0.0505. The fourth-order valence-corrected chi connectivity index (χ4v) is 4.12. The van der Waals surface area contributed by atoms with Gasteiger partial charge in [0.2, 0.25) is 0 Å². The van der Waals surface area contributed by atoms with Crippen molar-refractivity contribution in [1.29, 1.82) is 0 Å². The number of methoxy groups -OCH3 is 1. The highest BCUT2D eigenvalue weighted by atomic mass is 16.5. The van der Waals surface area contributed by atoms with Gasteiger partial charge in [-0.15, -0.1) is 0 Å². The van der Waals surface area contributed by atoms with Crippen LogP contribution in [0.2, 0.25) is 0 Å². The molecule has 0 radical (unpaired) electrons. The summed E-state index contributed by atoms with van der Waals surface area (Å²) >= 11 is 0. The topological polar surface area (TPSA) is 38.7 Å². The molecule has 21 heavy (non-hydrogen) atoms. The van der Waals surface area contributed by atoms with E-state index in [9.17, 15) is 5.11 Å². The van der Waals surface area contributed by atoms with Crippen molar-refractivity contribution in [2.24, 2.45) is 23.7 Å². The van der Waals surface area contributed by atoms with Crippen molar-refractivity contribution >= 4 is 0 Å². The van der Waals surface area contributed by atoms with E-state index in [1.807, 2.05) is 12.1 Å². The highest BCUT2D eigenvalue weighted by molar-refractivity contribution is 5.43. The Morgan fingerprint density at radius 3 is 2.76 bits per heavy atom. The first-order chi connectivity index (χ1) is 10.0.